The van der Waals surface area contributed by atoms with Crippen molar-refractivity contribution >= 4 is 17.3 Å². The second-order valence-electron chi connectivity index (χ2n) is 5.18. The van der Waals surface area contributed by atoms with Crippen molar-refractivity contribution in [2.75, 3.05) is 7.05 Å². The lowest BCUT2D eigenvalue weighted by Gasteiger charge is -2.40. The van der Waals surface area contributed by atoms with Gasteiger partial charge in [-0.05, 0) is 57.2 Å². The van der Waals surface area contributed by atoms with Crippen LogP contribution in [0.3, 0.4) is 0 Å². The van der Waals surface area contributed by atoms with Crippen molar-refractivity contribution in [2.45, 2.75) is 44.7 Å². The third kappa shape index (κ3) is 2.11. The van der Waals surface area contributed by atoms with Crippen LogP contribution in [-0.4, -0.2) is 28.6 Å². The fourth-order valence-corrected chi connectivity index (χ4v) is 3.39. The molecule has 0 aliphatic heterocycles. The highest BCUT2D eigenvalue weighted by atomic mass is 32.1. The maximum absolute atomic E-state index is 11.3. The van der Waals surface area contributed by atoms with Crippen LogP contribution in [0, 0.1) is 0 Å². The van der Waals surface area contributed by atoms with Crippen molar-refractivity contribution in [1.82, 2.24) is 4.90 Å². The summed E-state index contributed by atoms with van der Waals surface area (Å²) < 4.78 is 0. The Bertz CT molecular complexity index is 425. The molecule has 1 aliphatic rings. The van der Waals surface area contributed by atoms with E-state index in [1.54, 1.807) is 25.2 Å². The molecule has 0 amide bonds. The number of nitrogens with zero attached hydrogens (tertiary/aromatic N) is 1. The van der Waals surface area contributed by atoms with Crippen LogP contribution < -0.4 is 0 Å². The first-order valence-corrected chi connectivity index (χ1v) is 6.85. The number of carboxylic acid groups (broad SMARTS) is 1. The van der Waals surface area contributed by atoms with Crippen LogP contribution in [0.2, 0.25) is 0 Å². The molecule has 1 heterocycles. The van der Waals surface area contributed by atoms with Crippen LogP contribution >= 0.6 is 11.3 Å². The number of likely N-dealkylation sites (N-methyl/N-ethyl adjacent to an activating group) is 1. The molecule has 2 rings (SSSR count). The molecule has 1 aromatic rings. The predicted molar refractivity (Wildman–Crippen MR) is 69.5 cm³/mol. The number of aryl methyl sites for hydroxylation is 1. The fraction of sp³-hybridized carbons (Fsp3) is 0.615. The molecule has 0 saturated carbocycles. The molecule has 0 spiro atoms. The number of rotatable bonds is 3. The van der Waals surface area contributed by atoms with Gasteiger partial charge in [0.05, 0.1) is 0 Å². The minimum atomic E-state index is -0.818. The van der Waals surface area contributed by atoms with E-state index < -0.39 is 11.5 Å². The van der Waals surface area contributed by atoms with E-state index in [2.05, 4.69) is 11.4 Å². The minimum absolute atomic E-state index is 0.246. The van der Waals surface area contributed by atoms with Crippen LogP contribution in [-0.2, 0) is 11.2 Å². The molecular formula is C13H19NO2S. The van der Waals surface area contributed by atoms with E-state index in [-0.39, 0.29) is 6.04 Å². The van der Waals surface area contributed by atoms with Crippen LogP contribution in [0.1, 0.15) is 43.2 Å². The molecule has 3 nitrogen and oxygen atoms in total. The molecule has 1 unspecified atom stereocenters. The first-order chi connectivity index (χ1) is 7.94. The summed E-state index contributed by atoms with van der Waals surface area (Å²) in [6.07, 6.45) is 3.35. The van der Waals surface area contributed by atoms with Crippen LogP contribution in [0.15, 0.2) is 11.4 Å². The van der Waals surface area contributed by atoms with Crippen LogP contribution in [0.4, 0.5) is 0 Å². The van der Waals surface area contributed by atoms with Gasteiger partial charge in [-0.1, -0.05) is 0 Å². The SMILES string of the molecule is CN(C1CCCc2sccc21)C(C)(C)C(=O)O. The summed E-state index contributed by atoms with van der Waals surface area (Å²) in [6.45, 7) is 3.55. The van der Waals surface area contributed by atoms with Crippen molar-refractivity contribution in [2.24, 2.45) is 0 Å². The summed E-state index contributed by atoms with van der Waals surface area (Å²) >= 11 is 1.79. The molecule has 94 valence electrons. The van der Waals surface area contributed by atoms with E-state index in [9.17, 15) is 9.90 Å². The predicted octanol–water partition coefficient (Wildman–Crippen LogP) is 2.92. The maximum Gasteiger partial charge on any atom is 0.323 e. The summed E-state index contributed by atoms with van der Waals surface area (Å²) in [5, 5.41) is 11.4. The number of aliphatic carboxylic acids is 1. The monoisotopic (exact) mass is 253 g/mol. The van der Waals surface area contributed by atoms with E-state index in [0.717, 1.165) is 19.3 Å². The Hall–Kier alpha value is -0.870. The quantitative estimate of drug-likeness (QED) is 0.900. The Labute approximate surface area is 106 Å². The standard InChI is InChI=1S/C13H19NO2S/c1-13(2,12(15)16)14(3)10-5-4-6-11-9(10)7-8-17-11/h7-8,10H,4-6H2,1-3H3,(H,15,16). The zero-order valence-corrected chi connectivity index (χ0v) is 11.4. The highest BCUT2D eigenvalue weighted by Gasteiger charge is 2.38. The molecule has 17 heavy (non-hydrogen) atoms. The average Bonchev–Trinajstić information content (AvgIpc) is 2.75. The van der Waals surface area contributed by atoms with Crippen molar-refractivity contribution in [1.29, 1.82) is 0 Å². The van der Waals surface area contributed by atoms with Crippen molar-refractivity contribution in [3.05, 3.63) is 21.9 Å². The van der Waals surface area contributed by atoms with Crippen LogP contribution in [0.5, 0.6) is 0 Å². The van der Waals surface area contributed by atoms with Gasteiger partial charge in [-0.15, -0.1) is 11.3 Å². The van der Waals surface area contributed by atoms with Gasteiger partial charge in [-0.25, -0.2) is 0 Å². The number of hydrogen-bond acceptors (Lipinski definition) is 3. The smallest absolute Gasteiger partial charge is 0.323 e. The molecule has 0 radical (unpaired) electrons. The van der Waals surface area contributed by atoms with Gasteiger partial charge < -0.3 is 5.11 Å². The van der Waals surface area contributed by atoms with Crippen molar-refractivity contribution in [3.8, 4) is 0 Å². The van der Waals surface area contributed by atoms with Gasteiger partial charge in [0.2, 0.25) is 0 Å². The van der Waals surface area contributed by atoms with Gasteiger partial charge in [-0.3, -0.25) is 9.69 Å². The number of hydrogen-bond donors (Lipinski definition) is 1. The van der Waals surface area contributed by atoms with E-state index in [4.69, 9.17) is 0 Å². The Kier molecular flexibility index (Phi) is 3.27. The first-order valence-electron chi connectivity index (χ1n) is 5.97. The molecule has 1 N–H and O–H groups in total. The highest BCUT2D eigenvalue weighted by molar-refractivity contribution is 7.10. The number of carbonyl (C=O) groups is 1. The summed E-state index contributed by atoms with van der Waals surface area (Å²) in [5.41, 5.74) is 0.513. The molecule has 1 aromatic heterocycles. The second kappa shape index (κ2) is 4.42. The third-order valence-corrected chi connectivity index (χ3v) is 4.89. The second-order valence-corrected chi connectivity index (χ2v) is 6.18. The molecular weight excluding hydrogens is 234 g/mol. The minimum Gasteiger partial charge on any atom is -0.480 e. The Balaban J connectivity index is 2.29. The summed E-state index contributed by atoms with van der Waals surface area (Å²) in [5.74, 6) is -0.762. The van der Waals surface area contributed by atoms with Gasteiger partial charge in [0.1, 0.15) is 5.54 Å². The van der Waals surface area contributed by atoms with Gasteiger partial charge >= 0.3 is 5.97 Å². The number of fused-ring (bicyclic) bond motifs is 1. The summed E-state index contributed by atoms with van der Waals surface area (Å²) in [7, 11) is 1.92. The topological polar surface area (TPSA) is 40.5 Å². The zero-order chi connectivity index (χ0) is 12.6. The van der Waals surface area contributed by atoms with Gasteiger partial charge in [0.15, 0.2) is 0 Å². The van der Waals surface area contributed by atoms with Gasteiger partial charge in [-0.2, -0.15) is 0 Å². The van der Waals surface area contributed by atoms with E-state index in [1.165, 1.54) is 10.4 Å². The molecule has 4 heteroatoms. The van der Waals surface area contributed by atoms with E-state index in [1.807, 2.05) is 11.9 Å². The average molecular weight is 253 g/mol. The Morgan fingerprint density at radius 1 is 1.59 bits per heavy atom. The van der Waals surface area contributed by atoms with E-state index in [0.29, 0.717) is 0 Å². The lowest BCUT2D eigenvalue weighted by Crippen LogP contribution is -2.49. The number of carboxylic acids is 1. The maximum atomic E-state index is 11.3. The van der Waals surface area contributed by atoms with Crippen LogP contribution in [0.25, 0.3) is 0 Å². The third-order valence-electron chi connectivity index (χ3n) is 3.89. The first kappa shape index (κ1) is 12.6. The van der Waals surface area contributed by atoms with Gasteiger partial charge in [0.25, 0.3) is 0 Å². The molecule has 0 fully saturated rings. The van der Waals surface area contributed by atoms with Crippen molar-refractivity contribution in [3.63, 3.8) is 0 Å². The molecule has 0 saturated heterocycles. The van der Waals surface area contributed by atoms with Gasteiger partial charge in [0, 0.05) is 10.9 Å². The highest BCUT2D eigenvalue weighted by Crippen LogP contribution is 2.39. The largest absolute Gasteiger partial charge is 0.480 e. The normalized spacial score (nSPS) is 20.4. The molecule has 1 aliphatic carbocycles. The summed E-state index contributed by atoms with van der Waals surface area (Å²) in [4.78, 5) is 14.7. The lowest BCUT2D eigenvalue weighted by molar-refractivity contribution is -0.150. The Morgan fingerprint density at radius 3 is 2.94 bits per heavy atom. The number of thiophene rings is 1. The van der Waals surface area contributed by atoms with E-state index >= 15 is 0 Å². The van der Waals surface area contributed by atoms with Crippen molar-refractivity contribution < 1.29 is 9.90 Å². The summed E-state index contributed by atoms with van der Waals surface area (Å²) in [6, 6.07) is 2.40. The fourth-order valence-electron chi connectivity index (χ4n) is 2.40. The Morgan fingerprint density at radius 2 is 2.29 bits per heavy atom. The molecule has 1 atom stereocenters. The lowest BCUT2D eigenvalue weighted by atomic mass is 9.89. The molecule has 0 aromatic carbocycles. The zero-order valence-electron chi connectivity index (χ0n) is 10.6. The molecule has 0 bridgehead atoms.